The third-order valence-corrected chi connectivity index (χ3v) is 6.02. The van der Waals surface area contributed by atoms with Gasteiger partial charge in [0.05, 0.1) is 0 Å². The van der Waals surface area contributed by atoms with Crippen molar-refractivity contribution >= 4 is 23.8 Å². The maximum absolute atomic E-state index is 12.6. The Kier molecular flexibility index (Phi) is 12.3. The second-order valence-electron chi connectivity index (χ2n) is 7.89. The summed E-state index contributed by atoms with van der Waals surface area (Å²) in [7, 11) is 3.92. The molecule has 0 spiro atoms. The summed E-state index contributed by atoms with van der Waals surface area (Å²) in [6.45, 7) is 5.06. The number of nitrogens with zero attached hydrogens (tertiary/aromatic N) is 3. The van der Waals surface area contributed by atoms with Crippen LogP contribution in [0.1, 0.15) is 31.7 Å². The fourth-order valence-corrected chi connectivity index (χ4v) is 4.18. The van der Waals surface area contributed by atoms with E-state index in [2.05, 4.69) is 17.0 Å². The van der Waals surface area contributed by atoms with Gasteiger partial charge in [-0.2, -0.15) is 0 Å². The van der Waals surface area contributed by atoms with Crippen molar-refractivity contribution in [3.63, 3.8) is 0 Å². The number of amides is 1. The van der Waals surface area contributed by atoms with Gasteiger partial charge in [0.25, 0.3) is 0 Å². The lowest BCUT2D eigenvalue weighted by Crippen LogP contribution is -2.47. The van der Waals surface area contributed by atoms with E-state index in [4.69, 9.17) is 4.18 Å². The lowest BCUT2D eigenvalue weighted by molar-refractivity contribution is -0.119. The summed E-state index contributed by atoms with van der Waals surface area (Å²) in [5.41, 5.74) is 2.35. The molecule has 3 rings (SSSR count). The molecule has 0 saturated carbocycles. The molecule has 2 aromatic rings. The minimum Gasteiger partial charge on any atom is -0.412 e. The average molecular weight is 464 g/mol. The highest BCUT2D eigenvalue weighted by molar-refractivity contribution is 7.92. The normalized spacial score (nSPS) is 14.4. The Bertz CT molecular complexity index is 782. The molecule has 0 bridgehead atoms. The van der Waals surface area contributed by atoms with Gasteiger partial charge in [-0.3, -0.25) is 4.79 Å². The van der Waals surface area contributed by atoms with Crippen LogP contribution >= 0.6 is 12.2 Å². The number of hydrogen-bond acceptors (Lipinski definition) is 5. The van der Waals surface area contributed by atoms with E-state index in [9.17, 15) is 4.79 Å². The molecule has 7 nitrogen and oxygen atoms in total. The number of anilines is 1. The second-order valence-corrected chi connectivity index (χ2v) is 8.94. The van der Waals surface area contributed by atoms with Crippen LogP contribution in [-0.2, 0) is 11.2 Å². The van der Waals surface area contributed by atoms with Crippen molar-refractivity contribution in [3.8, 4) is 5.75 Å². The third-order valence-electron chi connectivity index (χ3n) is 5.45. The number of para-hydroxylation sites is 1. The van der Waals surface area contributed by atoms with E-state index < -0.39 is 0 Å². The molecule has 1 aliphatic heterocycles. The molecule has 0 radical (unpaired) electrons. The fraction of sp³-hybridized carbons (Fsp3) is 0.458. The molecule has 1 amide bonds. The maximum Gasteiger partial charge on any atom is 0.226 e. The van der Waals surface area contributed by atoms with Crippen LogP contribution in [0.5, 0.6) is 5.75 Å². The van der Waals surface area contributed by atoms with Crippen molar-refractivity contribution in [1.29, 1.82) is 0 Å². The minimum atomic E-state index is 0. The van der Waals surface area contributed by atoms with E-state index in [1.165, 1.54) is 17.8 Å². The zero-order valence-electron chi connectivity index (χ0n) is 19.3. The van der Waals surface area contributed by atoms with Crippen molar-refractivity contribution in [2.24, 2.45) is 0 Å². The molecule has 1 heterocycles. The van der Waals surface area contributed by atoms with Crippen LogP contribution in [0.2, 0.25) is 0 Å². The van der Waals surface area contributed by atoms with Gasteiger partial charge in [-0.25, -0.2) is 4.31 Å². The van der Waals surface area contributed by atoms with Gasteiger partial charge in [-0.1, -0.05) is 37.3 Å². The molecular formula is C24H37N3O4S. The predicted octanol–water partition coefficient (Wildman–Crippen LogP) is 2.99. The molecule has 2 aromatic carbocycles. The summed E-state index contributed by atoms with van der Waals surface area (Å²) in [6.07, 6.45) is 3.62. The average Bonchev–Trinajstić information content (AvgIpc) is 2.78. The van der Waals surface area contributed by atoms with Gasteiger partial charge in [0, 0.05) is 51.9 Å². The number of piperidine rings is 1. The highest BCUT2D eigenvalue weighted by Crippen LogP contribution is 2.25. The van der Waals surface area contributed by atoms with Gasteiger partial charge in [-0.15, -0.1) is 0 Å². The number of rotatable bonds is 9. The van der Waals surface area contributed by atoms with Crippen molar-refractivity contribution in [2.45, 2.75) is 38.6 Å². The molecule has 178 valence electrons. The second kappa shape index (κ2) is 14.1. The molecule has 0 atom stereocenters. The Balaban J connectivity index is 0.00000256. The van der Waals surface area contributed by atoms with Crippen LogP contribution < -0.4 is 9.08 Å². The van der Waals surface area contributed by atoms with Crippen molar-refractivity contribution < 1.29 is 19.9 Å². The summed E-state index contributed by atoms with van der Waals surface area (Å²) in [6, 6.07) is 18.8. The van der Waals surface area contributed by atoms with Gasteiger partial charge in [0.1, 0.15) is 18.0 Å². The Morgan fingerprint density at radius 3 is 2.22 bits per heavy atom. The molecule has 1 saturated heterocycles. The fourth-order valence-electron chi connectivity index (χ4n) is 3.83. The summed E-state index contributed by atoms with van der Waals surface area (Å²) in [4.78, 5) is 17.2. The highest BCUT2D eigenvalue weighted by atomic mass is 32.2. The Morgan fingerprint density at radius 2 is 1.66 bits per heavy atom. The maximum atomic E-state index is 12.6. The zero-order valence-corrected chi connectivity index (χ0v) is 20.1. The van der Waals surface area contributed by atoms with Crippen LogP contribution in [-0.4, -0.2) is 65.8 Å². The van der Waals surface area contributed by atoms with E-state index in [-0.39, 0.29) is 16.9 Å². The first-order valence-electron chi connectivity index (χ1n) is 10.8. The van der Waals surface area contributed by atoms with E-state index in [0.29, 0.717) is 12.5 Å². The number of carbonyl (C=O) groups excluding carboxylic acids is 1. The largest absolute Gasteiger partial charge is 0.412 e. The van der Waals surface area contributed by atoms with Gasteiger partial charge in [-0.05, 0) is 49.1 Å². The minimum absolute atomic E-state index is 0. The first-order valence-corrected chi connectivity index (χ1v) is 11.5. The number of carbonyl (C=O) groups is 1. The van der Waals surface area contributed by atoms with Crippen LogP contribution in [0.15, 0.2) is 54.6 Å². The SMILES string of the molecule is CCC(=O)N(c1ccccc1)C1CCN(CCc2ccc(OSN(C)C)cc2)CC1.O.O. The molecule has 1 aliphatic rings. The standard InChI is InChI=1S/C24H33N3O2S.2H2O/c1-4-24(28)27(21-8-6-5-7-9-21)22-15-18-26(19-16-22)17-14-20-10-12-23(13-11-20)29-30-25(2)3;;/h5-13,22H,4,14-19H2,1-3H3;2*1H2. The van der Waals surface area contributed by atoms with E-state index in [1.54, 1.807) is 0 Å². The van der Waals surface area contributed by atoms with E-state index >= 15 is 0 Å². The number of hydrogen-bond donors (Lipinski definition) is 0. The van der Waals surface area contributed by atoms with Gasteiger partial charge < -0.3 is 24.9 Å². The number of benzene rings is 2. The predicted molar refractivity (Wildman–Crippen MR) is 133 cm³/mol. The summed E-state index contributed by atoms with van der Waals surface area (Å²) in [5, 5.41) is 0. The Morgan fingerprint density at radius 1 is 1.03 bits per heavy atom. The summed E-state index contributed by atoms with van der Waals surface area (Å²) < 4.78 is 7.54. The smallest absolute Gasteiger partial charge is 0.226 e. The topological polar surface area (TPSA) is 99.0 Å². The van der Waals surface area contributed by atoms with Crippen molar-refractivity contribution in [2.75, 3.05) is 38.6 Å². The summed E-state index contributed by atoms with van der Waals surface area (Å²) >= 11 is 1.33. The summed E-state index contributed by atoms with van der Waals surface area (Å²) in [5.74, 6) is 1.09. The molecule has 1 fully saturated rings. The Labute approximate surface area is 196 Å². The third kappa shape index (κ3) is 8.11. The number of likely N-dealkylation sites (tertiary alicyclic amines) is 1. The first kappa shape index (κ1) is 27.9. The van der Waals surface area contributed by atoms with Crippen molar-refractivity contribution in [1.82, 2.24) is 9.21 Å². The molecule has 0 unspecified atom stereocenters. The molecule has 8 heteroatoms. The quantitative estimate of drug-likeness (QED) is 0.420. The zero-order chi connectivity index (χ0) is 21.3. The van der Waals surface area contributed by atoms with E-state index in [0.717, 1.165) is 50.3 Å². The van der Waals surface area contributed by atoms with Crippen LogP contribution in [0, 0.1) is 0 Å². The first-order chi connectivity index (χ1) is 14.6. The van der Waals surface area contributed by atoms with Gasteiger partial charge in [0.2, 0.25) is 5.91 Å². The molecular weight excluding hydrogens is 426 g/mol. The van der Waals surface area contributed by atoms with Gasteiger partial charge >= 0.3 is 0 Å². The van der Waals surface area contributed by atoms with Crippen molar-refractivity contribution in [3.05, 3.63) is 60.2 Å². The molecule has 0 aliphatic carbocycles. The molecule has 0 aromatic heterocycles. The van der Waals surface area contributed by atoms with E-state index in [1.807, 2.05) is 72.7 Å². The van der Waals surface area contributed by atoms with Crippen LogP contribution in [0.3, 0.4) is 0 Å². The van der Waals surface area contributed by atoms with Crippen LogP contribution in [0.4, 0.5) is 5.69 Å². The van der Waals surface area contributed by atoms with Crippen LogP contribution in [0.25, 0.3) is 0 Å². The lowest BCUT2D eigenvalue weighted by Gasteiger charge is -2.38. The highest BCUT2D eigenvalue weighted by Gasteiger charge is 2.28. The monoisotopic (exact) mass is 463 g/mol. The van der Waals surface area contributed by atoms with Gasteiger partial charge in [0.15, 0.2) is 0 Å². The Hall–Kier alpha value is -2.10. The molecule has 4 N–H and O–H groups in total. The molecule has 32 heavy (non-hydrogen) atoms. The lowest BCUT2D eigenvalue weighted by atomic mass is 10.0.